The van der Waals surface area contributed by atoms with Gasteiger partial charge in [0.2, 0.25) is 0 Å². The normalized spacial score (nSPS) is 11.8. The Morgan fingerprint density at radius 2 is 2.05 bits per heavy atom. The highest BCUT2D eigenvalue weighted by Crippen LogP contribution is 2.27. The maximum absolute atomic E-state index is 11.7. The monoisotopic (exact) mass is 322 g/mol. The van der Waals surface area contributed by atoms with Gasteiger partial charge in [-0.15, -0.1) is 6.42 Å². The van der Waals surface area contributed by atoms with E-state index in [0.29, 0.717) is 22.3 Å². The predicted octanol–water partition coefficient (Wildman–Crippen LogP) is 4.72. The van der Waals surface area contributed by atoms with Crippen molar-refractivity contribution in [2.45, 2.75) is 46.1 Å². The van der Waals surface area contributed by atoms with Gasteiger partial charge < -0.3 is 9.47 Å². The average molecular weight is 323 g/mol. The molecule has 0 bridgehead atoms. The molecule has 0 aliphatic carbocycles. The molecule has 1 aromatic rings. The van der Waals surface area contributed by atoms with E-state index in [1.54, 1.807) is 12.1 Å². The second kappa shape index (κ2) is 9.38. The van der Waals surface area contributed by atoms with Crippen molar-refractivity contribution in [3.05, 3.63) is 28.8 Å². The SMILES string of the molecule is C#CCOC(=O)c1ccc(OC(C)CCCC(C)C)c(Cl)c1. The van der Waals surface area contributed by atoms with Crippen LogP contribution < -0.4 is 4.74 Å². The summed E-state index contributed by atoms with van der Waals surface area (Å²) in [7, 11) is 0. The third-order valence-electron chi connectivity index (χ3n) is 3.17. The van der Waals surface area contributed by atoms with Crippen LogP contribution in [-0.2, 0) is 4.74 Å². The van der Waals surface area contributed by atoms with E-state index in [2.05, 4.69) is 19.8 Å². The zero-order valence-electron chi connectivity index (χ0n) is 13.4. The number of hydrogen-bond acceptors (Lipinski definition) is 3. The van der Waals surface area contributed by atoms with E-state index in [4.69, 9.17) is 27.5 Å². The number of benzene rings is 1. The molecule has 0 amide bonds. The zero-order valence-corrected chi connectivity index (χ0v) is 14.2. The number of hydrogen-bond donors (Lipinski definition) is 0. The van der Waals surface area contributed by atoms with Crippen molar-refractivity contribution < 1.29 is 14.3 Å². The van der Waals surface area contributed by atoms with Crippen molar-refractivity contribution in [2.24, 2.45) is 5.92 Å². The van der Waals surface area contributed by atoms with E-state index in [0.717, 1.165) is 12.8 Å². The van der Waals surface area contributed by atoms with Crippen molar-refractivity contribution in [3.8, 4) is 18.1 Å². The summed E-state index contributed by atoms with van der Waals surface area (Å²) in [5.41, 5.74) is 0.361. The topological polar surface area (TPSA) is 35.5 Å². The van der Waals surface area contributed by atoms with E-state index < -0.39 is 5.97 Å². The first kappa shape index (κ1) is 18.4. The van der Waals surface area contributed by atoms with Crippen molar-refractivity contribution in [3.63, 3.8) is 0 Å². The molecule has 0 aliphatic heterocycles. The zero-order chi connectivity index (χ0) is 16.5. The summed E-state index contributed by atoms with van der Waals surface area (Å²) in [5, 5.41) is 0.394. The molecule has 0 heterocycles. The number of halogens is 1. The average Bonchev–Trinajstić information content (AvgIpc) is 2.46. The van der Waals surface area contributed by atoms with Gasteiger partial charge in [-0.2, -0.15) is 0 Å². The lowest BCUT2D eigenvalue weighted by atomic mass is 10.0. The van der Waals surface area contributed by atoms with Crippen LogP contribution in [-0.4, -0.2) is 18.7 Å². The summed E-state index contributed by atoms with van der Waals surface area (Å²) < 4.78 is 10.7. The molecule has 0 spiro atoms. The van der Waals surface area contributed by atoms with Gasteiger partial charge in [0, 0.05) is 0 Å². The van der Waals surface area contributed by atoms with Crippen LogP contribution in [0.5, 0.6) is 5.75 Å². The van der Waals surface area contributed by atoms with Crippen molar-refractivity contribution in [1.82, 2.24) is 0 Å². The molecule has 1 aromatic carbocycles. The molecule has 0 aromatic heterocycles. The largest absolute Gasteiger partial charge is 0.489 e. The Morgan fingerprint density at radius 1 is 1.32 bits per heavy atom. The van der Waals surface area contributed by atoms with Gasteiger partial charge in [0.15, 0.2) is 6.61 Å². The van der Waals surface area contributed by atoms with Crippen LogP contribution in [0.1, 0.15) is 50.4 Å². The number of terminal acetylenes is 1. The molecule has 0 fully saturated rings. The summed E-state index contributed by atoms with van der Waals surface area (Å²) in [5.74, 6) is 3.03. The summed E-state index contributed by atoms with van der Waals surface area (Å²) in [6.45, 7) is 6.38. The van der Waals surface area contributed by atoms with E-state index >= 15 is 0 Å². The molecule has 0 N–H and O–H groups in total. The molecule has 120 valence electrons. The molecule has 0 saturated heterocycles. The Bertz CT molecular complexity index is 532. The second-order valence-corrected chi connectivity index (χ2v) is 6.09. The molecule has 0 aliphatic rings. The highest BCUT2D eigenvalue weighted by Gasteiger charge is 2.12. The first-order valence-electron chi connectivity index (χ1n) is 7.50. The van der Waals surface area contributed by atoms with Crippen molar-refractivity contribution in [2.75, 3.05) is 6.61 Å². The Hall–Kier alpha value is -1.66. The lowest BCUT2D eigenvalue weighted by Crippen LogP contribution is -2.12. The Kier molecular flexibility index (Phi) is 7.84. The molecule has 1 unspecified atom stereocenters. The third-order valence-corrected chi connectivity index (χ3v) is 3.47. The van der Waals surface area contributed by atoms with Gasteiger partial charge in [0.05, 0.1) is 16.7 Å². The van der Waals surface area contributed by atoms with Crippen LogP contribution in [0.2, 0.25) is 5.02 Å². The Labute approximate surface area is 138 Å². The summed E-state index contributed by atoms with van der Waals surface area (Å²) in [6.07, 6.45) is 8.40. The molecular weight excluding hydrogens is 300 g/mol. The van der Waals surface area contributed by atoms with Gasteiger partial charge >= 0.3 is 5.97 Å². The van der Waals surface area contributed by atoms with Crippen LogP contribution in [0.15, 0.2) is 18.2 Å². The molecule has 1 atom stereocenters. The predicted molar refractivity (Wildman–Crippen MR) is 89.3 cm³/mol. The summed E-state index contributed by atoms with van der Waals surface area (Å²) in [4.78, 5) is 11.7. The molecule has 3 nitrogen and oxygen atoms in total. The molecule has 1 rings (SSSR count). The van der Waals surface area contributed by atoms with Crippen LogP contribution >= 0.6 is 11.6 Å². The first-order chi connectivity index (χ1) is 10.4. The third kappa shape index (κ3) is 6.41. The fraction of sp³-hybridized carbons (Fsp3) is 0.500. The fourth-order valence-corrected chi connectivity index (χ4v) is 2.23. The quantitative estimate of drug-likeness (QED) is 0.513. The van der Waals surface area contributed by atoms with Crippen LogP contribution in [0.4, 0.5) is 0 Å². The number of carbonyl (C=O) groups excluding carboxylic acids is 1. The molecule has 4 heteroatoms. The van der Waals surface area contributed by atoms with Crippen molar-refractivity contribution >= 4 is 17.6 Å². The first-order valence-corrected chi connectivity index (χ1v) is 7.88. The van der Waals surface area contributed by atoms with Gasteiger partial charge in [-0.1, -0.05) is 37.8 Å². The number of carbonyl (C=O) groups is 1. The highest BCUT2D eigenvalue weighted by molar-refractivity contribution is 6.32. The smallest absolute Gasteiger partial charge is 0.339 e. The van der Waals surface area contributed by atoms with Crippen molar-refractivity contribution in [1.29, 1.82) is 0 Å². The number of ether oxygens (including phenoxy) is 2. The summed E-state index contributed by atoms with van der Waals surface area (Å²) in [6, 6.07) is 4.85. The Morgan fingerprint density at radius 3 is 2.64 bits per heavy atom. The van der Waals surface area contributed by atoms with E-state index in [1.807, 2.05) is 6.92 Å². The van der Waals surface area contributed by atoms with Gasteiger partial charge in [-0.3, -0.25) is 0 Å². The molecule has 22 heavy (non-hydrogen) atoms. The lowest BCUT2D eigenvalue weighted by molar-refractivity contribution is 0.0556. The van der Waals surface area contributed by atoms with E-state index in [1.165, 1.54) is 12.5 Å². The van der Waals surface area contributed by atoms with E-state index in [-0.39, 0.29) is 12.7 Å². The highest BCUT2D eigenvalue weighted by atomic mass is 35.5. The second-order valence-electron chi connectivity index (χ2n) is 5.68. The lowest BCUT2D eigenvalue weighted by Gasteiger charge is -2.16. The van der Waals surface area contributed by atoms with Crippen LogP contribution in [0, 0.1) is 18.3 Å². The minimum absolute atomic E-state index is 0.0540. The van der Waals surface area contributed by atoms with Gasteiger partial charge in [-0.05, 0) is 43.9 Å². The molecule has 0 radical (unpaired) electrons. The number of esters is 1. The van der Waals surface area contributed by atoms with E-state index in [9.17, 15) is 4.79 Å². The van der Waals surface area contributed by atoms with Gasteiger partial charge in [-0.25, -0.2) is 4.79 Å². The maximum atomic E-state index is 11.7. The van der Waals surface area contributed by atoms with Gasteiger partial charge in [0.1, 0.15) is 5.75 Å². The molecular formula is C18H23ClO3. The summed E-state index contributed by atoms with van der Waals surface area (Å²) >= 11 is 6.16. The Balaban J connectivity index is 2.58. The minimum atomic E-state index is -0.489. The van der Waals surface area contributed by atoms with Gasteiger partial charge in [0.25, 0.3) is 0 Å². The van der Waals surface area contributed by atoms with Crippen LogP contribution in [0.3, 0.4) is 0 Å². The van der Waals surface area contributed by atoms with Crippen LogP contribution in [0.25, 0.3) is 0 Å². The standard InChI is InChI=1S/C18H23ClO3/c1-5-11-21-18(20)15-9-10-17(16(19)12-15)22-14(4)8-6-7-13(2)3/h1,9-10,12-14H,6-8,11H2,2-4H3. The fourth-order valence-electron chi connectivity index (χ4n) is 2.00. The maximum Gasteiger partial charge on any atom is 0.339 e. The number of rotatable bonds is 8. The molecule has 0 saturated carbocycles. The minimum Gasteiger partial charge on any atom is -0.489 e.